The minimum absolute atomic E-state index is 0.0551. The molecule has 3 rings (SSSR count). The minimum atomic E-state index is -0.214. The molecule has 0 saturated heterocycles. The summed E-state index contributed by atoms with van der Waals surface area (Å²) in [6.07, 6.45) is 0.830. The second-order valence-electron chi connectivity index (χ2n) is 7.29. The fraction of sp³-hybridized carbons (Fsp3) is 0.240. The summed E-state index contributed by atoms with van der Waals surface area (Å²) in [6, 6.07) is 23.4. The Morgan fingerprint density at radius 1 is 0.967 bits per heavy atom. The van der Waals surface area contributed by atoms with Gasteiger partial charge in [-0.3, -0.25) is 4.79 Å². The Hall–Kier alpha value is -2.79. The van der Waals surface area contributed by atoms with E-state index in [4.69, 9.17) is 9.47 Å². The van der Waals surface area contributed by atoms with Gasteiger partial charge in [0, 0.05) is 22.6 Å². The van der Waals surface area contributed by atoms with E-state index in [2.05, 4.69) is 47.2 Å². The van der Waals surface area contributed by atoms with Gasteiger partial charge in [-0.1, -0.05) is 66.2 Å². The smallest absolute Gasteiger partial charge is 0.262 e. The normalized spacial score (nSPS) is 10.7. The van der Waals surface area contributed by atoms with E-state index in [9.17, 15) is 4.79 Å². The maximum absolute atomic E-state index is 12.4. The zero-order valence-electron chi connectivity index (χ0n) is 17.2. The number of nitrogens with one attached hydrogen (secondary N) is 1. The molecule has 0 radical (unpaired) electrons. The topological polar surface area (TPSA) is 47.6 Å². The first-order valence-electron chi connectivity index (χ1n) is 10.00. The third-order valence-electron chi connectivity index (χ3n) is 4.57. The van der Waals surface area contributed by atoms with E-state index >= 15 is 0 Å². The Bertz CT molecular complexity index is 973. The molecule has 3 aromatic rings. The van der Waals surface area contributed by atoms with Crippen LogP contribution in [0, 0.1) is 0 Å². The summed E-state index contributed by atoms with van der Waals surface area (Å²) >= 11 is 3.48. The lowest BCUT2D eigenvalue weighted by Crippen LogP contribution is -2.20. The number of hydrogen-bond acceptors (Lipinski definition) is 3. The number of benzene rings is 3. The van der Waals surface area contributed by atoms with Crippen molar-refractivity contribution >= 4 is 27.5 Å². The zero-order chi connectivity index (χ0) is 21.3. The fourth-order valence-corrected chi connectivity index (χ4v) is 3.42. The van der Waals surface area contributed by atoms with Gasteiger partial charge in [0.1, 0.15) is 11.5 Å². The lowest BCUT2D eigenvalue weighted by Gasteiger charge is -2.14. The summed E-state index contributed by atoms with van der Waals surface area (Å²) in [6.45, 7) is 4.71. The van der Waals surface area contributed by atoms with Crippen LogP contribution in [0.2, 0.25) is 0 Å². The van der Waals surface area contributed by atoms with E-state index in [1.54, 1.807) is 0 Å². The zero-order valence-corrected chi connectivity index (χ0v) is 18.8. The van der Waals surface area contributed by atoms with Gasteiger partial charge >= 0.3 is 0 Å². The van der Waals surface area contributed by atoms with Crippen LogP contribution in [0.25, 0.3) is 0 Å². The molecule has 0 bridgehead atoms. The standard InChI is InChI=1S/C25H26BrNO3/c1-18(2)23-15-20(26)11-12-24(23)30-17-25(28)27-21-9-6-10-22(16-21)29-14-13-19-7-4-3-5-8-19/h3-12,15-16,18H,13-14,17H2,1-2H3,(H,27,28). The Labute approximate surface area is 186 Å². The molecule has 1 amide bonds. The van der Waals surface area contributed by atoms with Crippen molar-refractivity contribution in [2.45, 2.75) is 26.2 Å². The molecule has 0 aliphatic carbocycles. The molecule has 0 aliphatic rings. The molecule has 5 heteroatoms. The molecule has 0 spiro atoms. The van der Waals surface area contributed by atoms with Crippen molar-refractivity contribution in [3.8, 4) is 11.5 Å². The number of ether oxygens (including phenoxy) is 2. The average molecular weight is 468 g/mol. The molecule has 0 atom stereocenters. The van der Waals surface area contributed by atoms with E-state index in [1.807, 2.05) is 60.7 Å². The van der Waals surface area contributed by atoms with Gasteiger partial charge < -0.3 is 14.8 Å². The summed E-state index contributed by atoms with van der Waals surface area (Å²) in [5, 5.41) is 2.87. The van der Waals surface area contributed by atoms with E-state index in [1.165, 1.54) is 5.56 Å². The van der Waals surface area contributed by atoms with Crippen LogP contribution >= 0.6 is 15.9 Å². The highest BCUT2D eigenvalue weighted by molar-refractivity contribution is 9.10. The molecule has 0 heterocycles. The lowest BCUT2D eigenvalue weighted by atomic mass is 10.0. The Kier molecular flexibility index (Phi) is 7.91. The van der Waals surface area contributed by atoms with Gasteiger partial charge in [0.05, 0.1) is 6.61 Å². The van der Waals surface area contributed by atoms with Crippen LogP contribution in [0.1, 0.15) is 30.9 Å². The summed E-state index contributed by atoms with van der Waals surface area (Å²) in [4.78, 5) is 12.4. The van der Waals surface area contributed by atoms with Crippen LogP contribution in [0.4, 0.5) is 5.69 Å². The molecular formula is C25H26BrNO3. The first-order chi connectivity index (χ1) is 14.5. The summed E-state index contributed by atoms with van der Waals surface area (Å²) in [5.74, 6) is 1.53. The number of halogens is 1. The predicted molar refractivity (Wildman–Crippen MR) is 124 cm³/mol. The van der Waals surface area contributed by atoms with E-state index in [0.717, 1.165) is 28.0 Å². The number of hydrogen-bond donors (Lipinski definition) is 1. The fourth-order valence-electron chi connectivity index (χ4n) is 3.04. The van der Waals surface area contributed by atoms with Gasteiger partial charge in [-0.2, -0.15) is 0 Å². The van der Waals surface area contributed by atoms with Crippen molar-refractivity contribution in [3.63, 3.8) is 0 Å². The number of carbonyl (C=O) groups is 1. The predicted octanol–water partition coefficient (Wildman–Crippen LogP) is 6.21. The van der Waals surface area contributed by atoms with Crippen molar-refractivity contribution in [1.29, 1.82) is 0 Å². The molecular weight excluding hydrogens is 442 g/mol. The Morgan fingerprint density at radius 3 is 2.53 bits per heavy atom. The van der Waals surface area contributed by atoms with Gasteiger partial charge in [0.15, 0.2) is 6.61 Å². The third kappa shape index (κ3) is 6.63. The van der Waals surface area contributed by atoms with Gasteiger partial charge in [0.25, 0.3) is 5.91 Å². The highest BCUT2D eigenvalue weighted by Gasteiger charge is 2.11. The highest BCUT2D eigenvalue weighted by atomic mass is 79.9. The van der Waals surface area contributed by atoms with Crippen LogP contribution in [-0.2, 0) is 11.2 Å². The van der Waals surface area contributed by atoms with Crippen molar-refractivity contribution in [3.05, 3.63) is 88.4 Å². The second-order valence-corrected chi connectivity index (χ2v) is 8.20. The minimum Gasteiger partial charge on any atom is -0.493 e. The van der Waals surface area contributed by atoms with Crippen LogP contribution in [0.15, 0.2) is 77.3 Å². The van der Waals surface area contributed by atoms with E-state index < -0.39 is 0 Å². The third-order valence-corrected chi connectivity index (χ3v) is 5.07. The van der Waals surface area contributed by atoms with Crippen LogP contribution < -0.4 is 14.8 Å². The maximum atomic E-state index is 12.4. The molecule has 0 saturated carbocycles. The van der Waals surface area contributed by atoms with Crippen molar-refractivity contribution in [1.82, 2.24) is 0 Å². The van der Waals surface area contributed by atoms with Gasteiger partial charge in [-0.25, -0.2) is 0 Å². The van der Waals surface area contributed by atoms with E-state index in [0.29, 0.717) is 18.2 Å². The average Bonchev–Trinajstić information content (AvgIpc) is 2.74. The quantitative estimate of drug-likeness (QED) is 0.406. The summed E-state index contributed by atoms with van der Waals surface area (Å²) in [5.41, 5.74) is 2.97. The van der Waals surface area contributed by atoms with Crippen LogP contribution in [-0.4, -0.2) is 19.1 Å². The molecule has 4 nitrogen and oxygen atoms in total. The first kappa shape index (κ1) is 21.9. The highest BCUT2D eigenvalue weighted by Crippen LogP contribution is 2.29. The maximum Gasteiger partial charge on any atom is 0.262 e. The molecule has 1 N–H and O–H groups in total. The monoisotopic (exact) mass is 467 g/mol. The van der Waals surface area contributed by atoms with Crippen LogP contribution in [0.3, 0.4) is 0 Å². The van der Waals surface area contributed by atoms with Crippen molar-refractivity contribution < 1.29 is 14.3 Å². The number of carbonyl (C=O) groups excluding carboxylic acids is 1. The number of anilines is 1. The second kappa shape index (κ2) is 10.8. The molecule has 0 unspecified atom stereocenters. The van der Waals surface area contributed by atoms with Crippen LogP contribution in [0.5, 0.6) is 11.5 Å². The summed E-state index contributed by atoms with van der Waals surface area (Å²) < 4.78 is 12.6. The Balaban J connectivity index is 1.51. The molecule has 30 heavy (non-hydrogen) atoms. The van der Waals surface area contributed by atoms with Gasteiger partial charge in [-0.05, 0) is 47.4 Å². The first-order valence-corrected chi connectivity index (χ1v) is 10.8. The number of rotatable bonds is 9. The Morgan fingerprint density at radius 2 is 1.77 bits per heavy atom. The summed E-state index contributed by atoms with van der Waals surface area (Å²) in [7, 11) is 0. The van der Waals surface area contributed by atoms with Gasteiger partial charge in [-0.15, -0.1) is 0 Å². The molecule has 156 valence electrons. The SMILES string of the molecule is CC(C)c1cc(Br)ccc1OCC(=O)Nc1cccc(OCCc2ccccc2)c1. The van der Waals surface area contributed by atoms with Gasteiger partial charge in [0.2, 0.25) is 0 Å². The number of amides is 1. The molecule has 0 fully saturated rings. The molecule has 0 aliphatic heterocycles. The van der Waals surface area contributed by atoms with Crippen molar-refractivity contribution in [2.75, 3.05) is 18.5 Å². The van der Waals surface area contributed by atoms with E-state index in [-0.39, 0.29) is 12.5 Å². The van der Waals surface area contributed by atoms with Crippen molar-refractivity contribution in [2.24, 2.45) is 0 Å². The lowest BCUT2D eigenvalue weighted by molar-refractivity contribution is -0.118. The largest absolute Gasteiger partial charge is 0.493 e. The molecule has 0 aromatic heterocycles. The molecule has 3 aromatic carbocycles.